The molecular formula is C42H37Cl3N10O4S2. The lowest BCUT2D eigenvalue weighted by molar-refractivity contribution is 0.0940. The number of amides is 2. The van der Waals surface area contributed by atoms with Gasteiger partial charge in [0.05, 0.1) is 16.9 Å². The molecule has 0 radical (unpaired) electrons. The third kappa shape index (κ3) is 8.77. The Morgan fingerprint density at radius 1 is 0.689 bits per heavy atom. The zero-order chi connectivity index (χ0) is 42.9. The zero-order valence-electron chi connectivity index (χ0n) is 33.1. The van der Waals surface area contributed by atoms with Crippen LogP contribution in [0.3, 0.4) is 0 Å². The van der Waals surface area contributed by atoms with Crippen LogP contribution in [0.25, 0.3) is 42.0 Å². The molecule has 5 N–H and O–H groups in total. The van der Waals surface area contributed by atoms with Crippen molar-refractivity contribution in [1.29, 1.82) is 0 Å². The highest BCUT2D eigenvalue weighted by Crippen LogP contribution is 2.42. The summed E-state index contributed by atoms with van der Waals surface area (Å²) < 4.78 is 8.00. The predicted molar refractivity (Wildman–Crippen MR) is 246 cm³/mol. The highest BCUT2D eigenvalue weighted by Gasteiger charge is 2.26. The van der Waals surface area contributed by atoms with Crippen molar-refractivity contribution in [3.05, 3.63) is 108 Å². The van der Waals surface area contributed by atoms with E-state index in [1.54, 1.807) is 18.5 Å². The van der Waals surface area contributed by atoms with Gasteiger partial charge in [0.25, 0.3) is 11.8 Å². The maximum absolute atomic E-state index is 12.6. The van der Waals surface area contributed by atoms with Crippen LogP contribution >= 0.6 is 57.5 Å². The van der Waals surface area contributed by atoms with Gasteiger partial charge in [-0.05, 0) is 86.3 Å². The number of rotatable bonds is 4. The van der Waals surface area contributed by atoms with Gasteiger partial charge >= 0.3 is 0 Å². The van der Waals surface area contributed by atoms with E-state index < -0.39 is 0 Å². The number of thiophene rings is 2. The molecule has 2 aliphatic rings. The number of carbonyl (C=O) groups is 2. The van der Waals surface area contributed by atoms with Gasteiger partial charge in [-0.1, -0.05) is 25.4 Å². The zero-order valence-corrected chi connectivity index (χ0v) is 37.0. The van der Waals surface area contributed by atoms with Crippen molar-refractivity contribution in [2.45, 2.75) is 52.6 Å². The Morgan fingerprint density at radius 2 is 1.26 bits per heavy atom. The van der Waals surface area contributed by atoms with Crippen LogP contribution in [0.1, 0.15) is 58.2 Å². The molecule has 312 valence electrons. The molecule has 2 amide bonds. The van der Waals surface area contributed by atoms with E-state index in [9.17, 15) is 14.4 Å². The van der Waals surface area contributed by atoms with E-state index in [2.05, 4.69) is 51.2 Å². The molecule has 0 aliphatic carbocycles. The number of aryl methyl sites for hydroxylation is 2. The first-order chi connectivity index (χ1) is 29.4. The third-order valence-electron chi connectivity index (χ3n) is 9.93. The molecule has 2 aliphatic heterocycles. The summed E-state index contributed by atoms with van der Waals surface area (Å²) in [5.74, 6) is 0.743. The van der Waals surface area contributed by atoms with E-state index in [0.29, 0.717) is 46.2 Å². The van der Waals surface area contributed by atoms with Crippen LogP contribution in [0.5, 0.6) is 11.8 Å². The number of nitrogens with zero attached hydrogens (tertiary/aromatic N) is 5. The quantitative estimate of drug-likeness (QED) is 0.0836. The molecule has 0 saturated heterocycles. The van der Waals surface area contributed by atoms with Crippen molar-refractivity contribution in [2.75, 3.05) is 23.7 Å². The van der Waals surface area contributed by atoms with Crippen LogP contribution in [0.2, 0.25) is 15.7 Å². The number of pyridine rings is 2. The van der Waals surface area contributed by atoms with Gasteiger partial charge in [-0.2, -0.15) is 4.98 Å². The van der Waals surface area contributed by atoms with Gasteiger partial charge in [0.1, 0.15) is 14.9 Å². The molecule has 0 saturated carbocycles. The number of aromatic amines is 1. The molecule has 0 unspecified atom stereocenters. The average Bonchev–Trinajstić information content (AvgIpc) is 3.73. The highest BCUT2D eigenvalue weighted by atomic mass is 35.5. The van der Waals surface area contributed by atoms with Crippen molar-refractivity contribution >= 4 is 123 Å². The number of halogens is 3. The predicted octanol–water partition coefficient (Wildman–Crippen LogP) is 9.42. The highest BCUT2D eigenvalue weighted by molar-refractivity contribution is 7.22. The minimum absolute atomic E-state index is 0.0405. The number of hydrogen-bond donors (Lipinski definition) is 5. The number of H-pyrrole nitrogens is 1. The number of carbonyl (C=O) groups excluding carboxylic acids is 2. The number of hydrogen-bond acceptors (Lipinski definition) is 13. The molecule has 0 fully saturated rings. The molecule has 2 aromatic carbocycles. The van der Waals surface area contributed by atoms with E-state index in [1.807, 2.05) is 64.1 Å². The van der Waals surface area contributed by atoms with Gasteiger partial charge in [-0.25, -0.2) is 19.9 Å². The van der Waals surface area contributed by atoms with Gasteiger partial charge in [0, 0.05) is 97.3 Å². The van der Waals surface area contributed by atoms with Crippen LogP contribution in [0.4, 0.5) is 11.4 Å². The van der Waals surface area contributed by atoms with E-state index >= 15 is 0 Å². The first kappa shape index (κ1) is 42.1. The fourth-order valence-corrected chi connectivity index (χ4v) is 9.68. The number of benzene rings is 2. The average molecular weight is 916 g/mol. The smallest absolute Gasteiger partial charge is 0.263 e. The lowest BCUT2D eigenvalue weighted by atomic mass is 10.1. The summed E-state index contributed by atoms with van der Waals surface area (Å²) in [6.07, 6.45) is 4.84. The fourth-order valence-electron chi connectivity index (χ4n) is 6.92. The van der Waals surface area contributed by atoms with Crippen LogP contribution in [0.15, 0.2) is 65.7 Å². The maximum Gasteiger partial charge on any atom is 0.263 e. The van der Waals surface area contributed by atoms with Crippen LogP contribution < -0.4 is 31.6 Å². The minimum Gasteiger partial charge on any atom is -0.420 e. The first-order valence-corrected chi connectivity index (χ1v) is 22.1. The number of fused-ring (bicyclic) bond motifs is 10. The molecule has 6 aromatic heterocycles. The second-order valence-electron chi connectivity index (χ2n) is 14.2. The number of ether oxygens (including phenoxy) is 1. The van der Waals surface area contributed by atoms with Gasteiger partial charge in [0.2, 0.25) is 27.9 Å². The maximum atomic E-state index is 12.6. The summed E-state index contributed by atoms with van der Waals surface area (Å²) in [5.41, 5.74) is 4.95. The van der Waals surface area contributed by atoms with Gasteiger partial charge in [-0.15, -0.1) is 22.7 Å². The molecule has 14 nitrogen and oxygen atoms in total. The van der Waals surface area contributed by atoms with Gasteiger partial charge in [0.15, 0.2) is 0 Å². The Labute approximate surface area is 371 Å². The van der Waals surface area contributed by atoms with Crippen molar-refractivity contribution < 1.29 is 14.3 Å². The van der Waals surface area contributed by atoms with Crippen LogP contribution in [0, 0.1) is 0 Å². The topological polar surface area (TPSA) is 189 Å². The van der Waals surface area contributed by atoms with Crippen molar-refractivity contribution in [1.82, 2.24) is 40.5 Å². The van der Waals surface area contributed by atoms with Crippen molar-refractivity contribution in [2.24, 2.45) is 0 Å². The minimum atomic E-state index is -0.123. The molecule has 0 bridgehead atoms. The van der Waals surface area contributed by atoms with Crippen LogP contribution in [-0.2, 0) is 12.8 Å². The molecule has 2 atom stereocenters. The molecule has 0 spiro atoms. The largest absolute Gasteiger partial charge is 0.420 e. The number of anilines is 2. The summed E-state index contributed by atoms with van der Waals surface area (Å²) in [6.45, 7) is 9.29. The third-order valence-corrected chi connectivity index (χ3v) is 12.9. The summed E-state index contributed by atoms with van der Waals surface area (Å²) in [6, 6.07) is 15.0. The lowest BCUT2D eigenvalue weighted by Crippen LogP contribution is -2.34. The molecule has 10 rings (SSSR count). The van der Waals surface area contributed by atoms with Crippen molar-refractivity contribution in [3.63, 3.8) is 0 Å². The Bertz CT molecular complexity index is 3070. The van der Waals surface area contributed by atoms with Gasteiger partial charge < -0.3 is 31.0 Å². The Kier molecular flexibility index (Phi) is 12.2. The molecule has 61 heavy (non-hydrogen) atoms. The monoisotopic (exact) mass is 914 g/mol. The second kappa shape index (κ2) is 17.8. The van der Waals surface area contributed by atoms with E-state index in [-0.39, 0.29) is 40.0 Å². The van der Waals surface area contributed by atoms with Crippen LogP contribution in [-0.4, -0.2) is 66.9 Å². The molecule has 8 aromatic rings. The fraction of sp³-hybridized carbons (Fsp3) is 0.238. The molecule has 8 heterocycles. The lowest BCUT2D eigenvalue weighted by Gasteiger charge is -2.11. The van der Waals surface area contributed by atoms with E-state index in [1.165, 1.54) is 28.7 Å². The number of nitrogens with one attached hydrogen (secondary N) is 5. The molecular weight excluding hydrogens is 879 g/mol. The summed E-state index contributed by atoms with van der Waals surface area (Å²) in [4.78, 5) is 60.9. The SMILES string of the molecule is CCc1cnc(Cl)nc1Cl.CCc1cnc(Cl)nc1Oc1ccc2c(ccc3sc4c(c32)NC[C@@H](C)NC4=O)n1.C[C@@H]1CNc2c(sc3ccc4[nH]c(=O)ccc4c23)C(=O)N1. The molecule has 19 heteroatoms. The normalized spacial score (nSPS) is 15.8. The Balaban J connectivity index is 0.000000143. The summed E-state index contributed by atoms with van der Waals surface area (Å²) in [5, 5.41) is 17.5. The number of aromatic nitrogens is 6. The van der Waals surface area contributed by atoms with E-state index in [4.69, 9.17) is 39.5 Å². The summed E-state index contributed by atoms with van der Waals surface area (Å²) in [7, 11) is 0. The summed E-state index contributed by atoms with van der Waals surface area (Å²) >= 11 is 20.1. The van der Waals surface area contributed by atoms with E-state index in [0.717, 1.165) is 70.9 Å². The Hall–Kier alpha value is -5.65. The Morgan fingerprint density at radius 3 is 1.89 bits per heavy atom. The van der Waals surface area contributed by atoms with Crippen molar-refractivity contribution in [3.8, 4) is 11.8 Å². The second-order valence-corrected chi connectivity index (χ2v) is 17.4. The van der Waals surface area contributed by atoms with Gasteiger partial charge in [-0.3, -0.25) is 14.4 Å². The first-order valence-electron chi connectivity index (χ1n) is 19.3. The standard InChI is InChI=1S/C21H18ClN5O2S.C15H13N3O2S.C6H6Cl2N2/c1-3-11-9-24-21(22)27-20(11)29-15-7-4-12-13(26-15)5-6-14-16(12)17-18(30-14)19(28)25-10(2)8-23-17;1-7-6-16-13-12-8-2-5-11(19)18-9(8)3-4-10(12)21-14(13)15(20)17-7;1-2-4-3-9-6(8)10-5(4)7/h4-7,9-10,23H,3,8H2,1-2H3,(H,25,28);2-5,7,16H,6H2,1H3,(H,17,20)(H,18,19);3H,2H2,1H3/t10-;7-;/m11./s1.